The summed E-state index contributed by atoms with van der Waals surface area (Å²) in [5.41, 5.74) is 3.36. The molecule has 160 valence electrons. The highest BCUT2D eigenvalue weighted by molar-refractivity contribution is 6.08. The zero-order chi connectivity index (χ0) is 22.0. The van der Waals surface area contributed by atoms with Crippen molar-refractivity contribution in [3.8, 4) is 0 Å². The molecule has 31 heavy (non-hydrogen) atoms. The maximum absolute atomic E-state index is 13.5. The molecule has 0 bridgehead atoms. The van der Waals surface area contributed by atoms with Gasteiger partial charge in [-0.1, -0.05) is 24.3 Å². The Morgan fingerprint density at radius 3 is 2.32 bits per heavy atom. The average Bonchev–Trinajstić information content (AvgIpc) is 3.15. The number of allylic oxidation sites excluding steroid dienone is 1. The van der Waals surface area contributed by atoms with E-state index in [0.717, 1.165) is 41.7 Å². The third-order valence-corrected chi connectivity index (χ3v) is 5.73. The molecule has 1 amide bonds. The van der Waals surface area contributed by atoms with Crippen molar-refractivity contribution in [2.75, 3.05) is 0 Å². The fraction of sp³-hybridized carbons (Fsp3) is 0.292. The van der Waals surface area contributed by atoms with Gasteiger partial charge in [0.2, 0.25) is 5.91 Å². The minimum absolute atomic E-state index is 0.0697. The maximum Gasteiger partial charge on any atom is 0.303 e. The Morgan fingerprint density at radius 2 is 1.68 bits per heavy atom. The minimum atomic E-state index is -1.05. The number of carbonyl (C=O) groups excluding carboxylic acids is 1. The van der Waals surface area contributed by atoms with Crippen molar-refractivity contribution in [3.05, 3.63) is 76.9 Å². The molecule has 2 atom stereocenters. The lowest BCUT2D eigenvalue weighted by Crippen LogP contribution is -2.32. The van der Waals surface area contributed by atoms with Gasteiger partial charge in [0, 0.05) is 12.3 Å². The highest BCUT2D eigenvalue weighted by atomic mass is 19.1. The molecular formula is C24H22F2N2O3. The van der Waals surface area contributed by atoms with E-state index in [1.807, 2.05) is 6.08 Å². The second-order valence-electron chi connectivity index (χ2n) is 7.83. The van der Waals surface area contributed by atoms with E-state index in [4.69, 9.17) is 5.11 Å². The number of halogens is 2. The van der Waals surface area contributed by atoms with Gasteiger partial charge in [0.25, 0.3) is 0 Å². The molecule has 5 nitrogen and oxygen atoms in total. The lowest BCUT2D eigenvalue weighted by molar-refractivity contribution is -0.141. The summed E-state index contributed by atoms with van der Waals surface area (Å²) >= 11 is 0. The summed E-state index contributed by atoms with van der Waals surface area (Å²) in [6.45, 7) is 0. The van der Waals surface area contributed by atoms with Crippen molar-refractivity contribution in [1.82, 2.24) is 5.01 Å². The second-order valence-corrected chi connectivity index (χ2v) is 7.83. The van der Waals surface area contributed by atoms with Crippen molar-refractivity contribution in [3.63, 3.8) is 0 Å². The smallest absolute Gasteiger partial charge is 0.303 e. The van der Waals surface area contributed by atoms with Crippen LogP contribution in [0.2, 0.25) is 0 Å². The van der Waals surface area contributed by atoms with Gasteiger partial charge >= 0.3 is 5.97 Å². The molecule has 2 aromatic carbocycles. The largest absolute Gasteiger partial charge is 0.481 e. The number of hydrogen-bond donors (Lipinski definition) is 1. The molecule has 1 aliphatic heterocycles. The van der Waals surface area contributed by atoms with Gasteiger partial charge in [-0.05, 0) is 66.3 Å². The van der Waals surface area contributed by atoms with E-state index in [-0.39, 0.29) is 36.3 Å². The van der Waals surface area contributed by atoms with Gasteiger partial charge in [0.05, 0.1) is 18.2 Å². The number of carboxylic acid groups (broad SMARTS) is 1. The monoisotopic (exact) mass is 424 g/mol. The Balaban J connectivity index is 1.70. The van der Waals surface area contributed by atoms with E-state index in [2.05, 4.69) is 5.10 Å². The molecule has 1 fully saturated rings. The van der Waals surface area contributed by atoms with E-state index >= 15 is 0 Å². The summed E-state index contributed by atoms with van der Waals surface area (Å²) < 4.78 is 26.8. The van der Waals surface area contributed by atoms with E-state index in [1.165, 1.54) is 29.3 Å². The van der Waals surface area contributed by atoms with E-state index in [9.17, 15) is 18.4 Å². The summed E-state index contributed by atoms with van der Waals surface area (Å²) in [4.78, 5) is 23.8. The predicted octanol–water partition coefficient (Wildman–Crippen LogP) is 4.95. The Labute approximate surface area is 178 Å². The molecule has 2 unspecified atom stereocenters. The van der Waals surface area contributed by atoms with Crippen LogP contribution in [0.15, 0.2) is 59.2 Å². The molecule has 2 aromatic rings. The minimum Gasteiger partial charge on any atom is -0.481 e. The number of fused-ring (bicyclic) bond motifs is 1. The van der Waals surface area contributed by atoms with Crippen molar-refractivity contribution in [2.24, 2.45) is 11.0 Å². The molecular weight excluding hydrogens is 402 g/mol. The summed E-state index contributed by atoms with van der Waals surface area (Å²) in [6.07, 6.45) is 4.00. The Bertz CT molecular complexity index is 1050. The SMILES string of the molecule is O=C(O)CCC(=O)N1N=C2/C(=C/c3ccc(F)cc3)CCCC2C1c1ccc(F)cc1. The average molecular weight is 424 g/mol. The van der Waals surface area contributed by atoms with Crippen LogP contribution in [0.4, 0.5) is 8.78 Å². The fourth-order valence-electron chi connectivity index (χ4n) is 4.29. The van der Waals surface area contributed by atoms with Gasteiger partial charge in [0.15, 0.2) is 0 Å². The molecule has 0 radical (unpaired) electrons. The molecule has 2 aliphatic rings. The molecule has 0 spiro atoms. The van der Waals surface area contributed by atoms with E-state index in [0.29, 0.717) is 0 Å². The Morgan fingerprint density at radius 1 is 1.03 bits per heavy atom. The number of hydrogen-bond acceptors (Lipinski definition) is 3. The zero-order valence-corrected chi connectivity index (χ0v) is 16.8. The molecule has 4 rings (SSSR count). The molecule has 0 aromatic heterocycles. The number of benzene rings is 2. The first kappa shape index (κ1) is 20.9. The maximum atomic E-state index is 13.5. The highest BCUT2D eigenvalue weighted by Crippen LogP contribution is 2.44. The summed E-state index contributed by atoms with van der Waals surface area (Å²) in [6, 6.07) is 11.8. The fourth-order valence-corrected chi connectivity index (χ4v) is 4.29. The normalized spacial score (nSPS) is 21.7. The van der Waals surface area contributed by atoms with Crippen LogP contribution in [-0.2, 0) is 9.59 Å². The van der Waals surface area contributed by atoms with E-state index in [1.54, 1.807) is 24.3 Å². The topological polar surface area (TPSA) is 70.0 Å². The van der Waals surface area contributed by atoms with Crippen molar-refractivity contribution in [1.29, 1.82) is 0 Å². The molecule has 1 heterocycles. The predicted molar refractivity (Wildman–Crippen MR) is 112 cm³/mol. The van der Waals surface area contributed by atoms with Gasteiger partial charge < -0.3 is 5.11 Å². The first-order valence-electron chi connectivity index (χ1n) is 10.3. The highest BCUT2D eigenvalue weighted by Gasteiger charge is 2.43. The van der Waals surface area contributed by atoms with Gasteiger partial charge in [0.1, 0.15) is 11.6 Å². The Hall–Kier alpha value is -3.35. The van der Waals surface area contributed by atoms with Gasteiger partial charge in [-0.25, -0.2) is 13.8 Å². The standard InChI is InChI=1S/C24H22F2N2O3/c25-18-8-4-15(5-9-18)14-17-2-1-3-20-23(17)27-28(21(29)12-13-22(30)31)24(20)16-6-10-19(26)11-7-16/h4-11,14,20,24H,1-3,12-13H2,(H,30,31)/b17-14+. The number of aliphatic carboxylic acids is 1. The number of rotatable bonds is 5. The first-order valence-corrected chi connectivity index (χ1v) is 10.3. The van der Waals surface area contributed by atoms with Crippen molar-refractivity contribution < 1.29 is 23.5 Å². The third-order valence-electron chi connectivity index (χ3n) is 5.73. The quantitative estimate of drug-likeness (QED) is 0.738. The summed E-state index contributed by atoms with van der Waals surface area (Å²) in [7, 11) is 0. The van der Waals surface area contributed by atoms with E-state index < -0.39 is 12.0 Å². The molecule has 1 N–H and O–H groups in total. The zero-order valence-electron chi connectivity index (χ0n) is 16.8. The van der Waals surface area contributed by atoms with Crippen LogP contribution in [0.25, 0.3) is 6.08 Å². The number of carboxylic acids is 1. The van der Waals surface area contributed by atoms with Crippen LogP contribution in [0, 0.1) is 17.6 Å². The van der Waals surface area contributed by atoms with Gasteiger partial charge in [-0.3, -0.25) is 9.59 Å². The number of amides is 1. The molecule has 1 aliphatic carbocycles. The van der Waals surface area contributed by atoms with Crippen LogP contribution in [0.3, 0.4) is 0 Å². The van der Waals surface area contributed by atoms with Crippen molar-refractivity contribution in [2.45, 2.75) is 38.1 Å². The lowest BCUT2D eigenvalue weighted by atomic mass is 9.77. The van der Waals surface area contributed by atoms with Crippen LogP contribution in [0.5, 0.6) is 0 Å². The summed E-state index contributed by atoms with van der Waals surface area (Å²) in [5, 5.41) is 15.0. The van der Waals surface area contributed by atoms with Gasteiger partial charge in [-0.15, -0.1) is 0 Å². The van der Waals surface area contributed by atoms with Crippen LogP contribution < -0.4 is 0 Å². The second kappa shape index (κ2) is 8.79. The number of hydrazone groups is 1. The van der Waals surface area contributed by atoms with Crippen LogP contribution in [-0.4, -0.2) is 27.7 Å². The number of nitrogens with zero attached hydrogens (tertiary/aromatic N) is 2. The van der Waals surface area contributed by atoms with Gasteiger partial charge in [-0.2, -0.15) is 5.10 Å². The molecule has 0 saturated heterocycles. The molecule has 7 heteroatoms. The third kappa shape index (κ3) is 4.55. The lowest BCUT2D eigenvalue weighted by Gasteiger charge is -2.29. The summed E-state index contributed by atoms with van der Waals surface area (Å²) in [5.74, 6) is -2.17. The van der Waals surface area contributed by atoms with Crippen LogP contribution >= 0.6 is 0 Å². The van der Waals surface area contributed by atoms with Crippen molar-refractivity contribution >= 4 is 23.7 Å². The Kier molecular flexibility index (Phi) is 5.93. The van der Waals surface area contributed by atoms with Crippen LogP contribution in [0.1, 0.15) is 49.3 Å². The number of carbonyl (C=O) groups is 2. The molecule has 1 saturated carbocycles. The first-order chi connectivity index (χ1) is 14.9.